The Kier molecular flexibility index (Phi) is 2.08. The van der Waals surface area contributed by atoms with Crippen LogP contribution in [0.2, 0.25) is 0 Å². The molecular weight excluding hydrogens is 211 g/mol. The molecule has 7 unspecified atom stereocenters. The zero-order valence-electron chi connectivity index (χ0n) is 11.2. The van der Waals surface area contributed by atoms with Gasteiger partial charge in [-0.15, -0.1) is 0 Å². The molecule has 0 radical (unpaired) electrons. The summed E-state index contributed by atoms with van der Waals surface area (Å²) in [6, 6.07) is 0. The Labute approximate surface area is 104 Å². The fourth-order valence-corrected chi connectivity index (χ4v) is 6.56. The average molecular weight is 236 g/mol. The van der Waals surface area contributed by atoms with E-state index in [0.29, 0.717) is 0 Å². The monoisotopic (exact) mass is 236 g/mol. The van der Waals surface area contributed by atoms with Gasteiger partial charge < -0.3 is 0 Å². The Balaban J connectivity index is 1.55. The molecule has 96 valence electrons. The summed E-state index contributed by atoms with van der Waals surface area (Å²) >= 11 is 0. The highest BCUT2D eigenvalue weighted by atomic mass is 19.1. The van der Waals surface area contributed by atoms with E-state index in [1.807, 2.05) is 0 Å². The fourth-order valence-electron chi connectivity index (χ4n) is 6.56. The number of fused-ring (bicyclic) bond motifs is 9. The Morgan fingerprint density at radius 3 is 2.35 bits per heavy atom. The second-order valence-corrected chi connectivity index (χ2v) is 8.07. The van der Waals surface area contributed by atoms with Gasteiger partial charge in [0.25, 0.3) is 0 Å². The van der Waals surface area contributed by atoms with E-state index in [1.54, 1.807) is 13.8 Å². The zero-order valence-corrected chi connectivity index (χ0v) is 11.2. The molecule has 0 N–H and O–H groups in total. The van der Waals surface area contributed by atoms with Gasteiger partial charge in [-0.2, -0.15) is 0 Å². The molecule has 0 aromatic carbocycles. The first kappa shape index (κ1) is 10.8. The molecule has 0 saturated heterocycles. The number of halogens is 1. The van der Waals surface area contributed by atoms with Crippen molar-refractivity contribution in [3.05, 3.63) is 0 Å². The molecule has 0 spiro atoms. The Bertz CT molecular complexity index is 329. The van der Waals surface area contributed by atoms with E-state index in [1.165, 1.54) is 32.1 Å². The molecule has 7 atom stereocenters. The van der Waals surface area contributed by atoms with E-state index in [9.17, 15) is 4.39 Å². The van der Waals surface area contributed by atoms with Gasteiger partial charge >= 0.3 is 0 Å². The van der Waals surface area contributed by atoms with E-state index in [4.69, 9.17) is 0 Å². The second kappa shape index (κ2) is 3.27. The van der Waals surface area contributed by atoms with Gasteiger partial charge in [-0.3, -0.25) is 0 Å². The summed E-state index contributed by atoms with van der Waals surface area (Å²) in [6.07, 6.45) is 8.21. The predicted molar refractivity (Wildman–Crippen MR) is 67.3 cm³/mol. The third-order valence-electron chi connectivity index (χ3n) is 6.62. The minimum atomic E-state index is -0.942. The van der Waals surface area contributed by atoms with Crippen LogP contribution in [0.3, 0.4) is 0 Å². The molecule has 17 heavy (non-hydrogen) atoms. The van der Waals surface area contributed by atoms with Gasteiger partial charge in [0.15, 0.2) is 0 Å². The van der Waals surface area contributed by atoms with Gasteiger partial charge in [0.1, 0.15) is 5.67 Å². The molecule has 4 rings (SSSR count). The molecule has 0 aliphatic heterocycles. The van der Waals surface area contributed by atoms with Crippen molar-refractivity contribution >= 4 is 0 Å². The molecule has 0 nitrogen and oxygen atoms in total. The summed E-state index contributed by atoms with van der Waals surface area (Å²) < 4.78 is 13.9. The van der Waals surface area contributed by atoms with E-state index in [2.05, 4.69) is 0 Å². The molecule has 4 aliphatic rings. The lowest BCUT2D eigenvalue weighted by atomic mass is 9.66. The van der Waals surface area contributed by atoms with Gasteiger partial charge in [0.05, 0.1) is 0 Å². The molecule has 0 heterocycles. The summed E-state index contributed by atoms with van der Waals surface area (Å²) in [6.45, 7) is 3.55. The Hall–Kier alpha value is -0.0700. The van der Waals surface area contributed by atoms with Gasteiger partial charge in [0.2, 0.25) is 0 Å². The van der Waals surface area contributed by atoms with Gasteiger partial charge in [0, 0.05) is 0 Å². The van der Waals surface area contributed by atoms with Crippen molar-refractivity contribution < 1.29 is 4.39 Å². The summed E-state index contributed by atoms with van der Waals surface area (Å²) in [5.41, 5.74) is -0.942. The molecule has 0 aromatic heterocycles. The SMILES string of the molecule is CC(C)(F)CC1CC2CC1C1C3CCC(C3)C21. The Morgan fingerprint density at radius 1 is 0.941 bits per heavy atom. The van der Waals surface area contributed by atoms with Crippen LogP contribution >= 0.6 is 0 Å². The minimum absolute atomic E-state index is 0.723. The van der Waals surface area contributed by atoms with Crippen LogP contribution in [0.25, 0.3) is 0 Å². The van der Waals surface area contributed by atoms with E-state index in [0.717, 1.165) is 47.8 Å². The number of hydrogen-bond acceptors (Lipinski definition) is 0. The molecule has 4 bridgehead atoms. The summed E-state index contributed by atoms with van der Waals surface area (Å²) in [4.78, 5) is 0. The molecule has 1 heteroatoms. The molecule has 0 amide bonds. The maximum atomic E-state index is 13.9. The highest BCUT2D eigenvalue weighted by Gasteiger charge is 2.62. The predicted octanol–water partition coefficient (Wildman–Crippen LogP) is 4.44. The second-order valence-electron chi connectivity index (χ2n) is 8.07. The third kappa shape index (κ3) is 1.47. The first-order valence-electron chi connectivity index (χ1n) is 7.72. The van der Waals surface area contributed by atoms with Crippen molar-refractivity contribution in [1.29, 1.82) is 0 Å². The average Bonchev–Trinajstić information content (AvgIpc) is 2.91. The largest absolute Gasteiger partial charge is 0.244 e. The summed E-state index contributed by atoms with van der Waals surface area (Å²) in [5, 5.41) is 0. The standard InChI is InChI=1S/C16H25F/c1-16(2,17)8-12-6-11-7-13(12)15-10-4-3-9(5-10)14(11)15/h9-15H,3-8H2,1-2H3. The molecule has 4 fully saturated rings. The summed E-state index contributed by atoms with van der Waals surface area (Å²) in [5.74, 6) is 6.87. The van der Waals surface area contributed by atoms with E-state index >= 15 is 0 Å². The molecular formula is C16H25F. The van der Waals surface area contributed by atoms with Crippen molar-refractivity contribution in [3.8, 4) is 0 Å². The lowest BCUT2D eigenvalue weighted by Gasteiger charge is -2.39. The highest BCUT2D eigenvalue weighted by molar-refractivity contribution is 5.11. The molecule has 4 aliphatic carbocycles. The van der Waals surface area contributed by atoms with E-state index < -0.39 is 5.67 Å². The lowest BCUT2D eigenvalue weighted by molar-refractivity contribution is 0.0675. The van der Waals surface area contributed by atoms with Crippen molar-refractivity contribution in [1.82, 2.24) is 0 Å². The lowest BCUT2D eigenvalue weighted by Crippen LogP contribution is -2.34. The van der Waals surface area contributed by atoms with Crippen molar-refractivity contribution in [3.63, 3.8) is 0 Å². The number of rotatable bonds is 2. The van der Waals surface area contributed by atoms with Crippen LogP contribution in [0.4, 0.5) is 4.39 Å². The van der Waals surface area contributed by atoms with Crippen molar-refractivity contribution in [2.75, 3.05) is 0 Å². The van der Waals surface area contributed by atoms with Crippen LogP contribution in [-0.2, 0) is 0 Å². The van der Waals surface area contributed by atoms with Crippen LogP contribution < -0.4 is 0 Å². The van der Waals surface area contributed by atoms with Crippen LogP contribution in [-0.4, -0.2) is 5.67 Å². The van der Waals surface area contributed by atoms with Gasteiger partial charge in [-0.1, -0.05) is 0 Å². The molecule has 4 saturated carbocycles. The van der Waals surface area contributed by atoms with Crippen molar-refractivity contribution in [2.45, 2.75) is 58.0 Å². The maximum Gasteiger partial charge on any atom is 0.105 e. The first-order valence-corrected chi connectivity index (χ1v) is 7.72. The Morgan fingerprint density at radius 2 is 1.65 bits per heavy atom. The van der Waals surface area contributed by atoms with Gasteiger partial charge in [-0.25, -0.2) is 4.39 Å². The maximum absolute atomic E-state index is 13.9. The van der Waals surface area contributed by atoms with Crippen molar-refractivity contribution in [2.24, 2.45) is 41.4 Å². The number of alkyl halides is 1. The topological polar surface area (TPSA) is 0 Å². The minimum Gasteiger partial charge on any atom is -0.244 e. The normalized spacial score (nSPS) is 55.6. The van der Waals surface area contributed by atoms with Crippen LogP contribution in [0.1, 0.15) is 52.4 Å². The van der Waals surface area contributed by atoms with Crippen LogP contribution in [0, 0.1) is 41.4 Å². The third-order valence-corrected chi connectivity index (χ3v) is 6.62. The van der Waals surface area contributed by atoms with Crippen LogP contribution in [0.15, 0.2) is 0 Å². The van der Waals surface area contributed by atoms with E-state index in [-0.39, 0.29) is 0 Å². The first-order chi connectivity index (χ1) is 8.03. The van der Waals surface area contributed by atoms with Gasteiger partial charge in [-0.05, 0) is 93.8 Å². The quantitative estimate of drug-likeness (QED) is 0.622. The fraction of sp³-hybridized carbons (Fsp3) is 1.00. The van der Waals surface area contributed by atoms with Crippen LogP contribution in [0.5, 0.6) is 0 Å². The summed E-state index contributed by atoms with van der Waals surface area (Å²) in [7, 11) is 0. The molecule has 0 aromatic rings. The number of hydrogen-bond donors (Lipinski definition) is 0. The smallest absolute Gasteiger partial charge is 0.105 e. The zero-order chi connectivity index (χ0) is 11.8. The highest BCUT2D eigenvalue weighted by Crippen LogP contribution is 2.69.